The van der Waals surface area contributed by atoms with Gasteiger partial charge < -0.3 is 11.1 Å². The molecule has 0 radical (unpaired) electrons. The van der Waals surface area contributed by atoms with E-state index in [1.807, 2.05) is 6.07 Å². The average molecular weight is 290 g/mol. The first-order chi connectivity index (χ1) is 9.63. The molecule has 102 valence electrons. The van der Waals surface area contributed by atoms with Gasteiger partial charge in [-0.25, -0.2) is 9.37 Å². The summed E-state index contributed by atoms with van der Waals surface area (Å²) in [5.41, 5.74) is 5.84. The van der Waals surface area contributed by atoms with Crippen molar-refractivity contribution in [3.05, 3.63) is 45.7 Å². The standard InChI is InChI=1S/C13H11FN4OS/c14-9-5-8(6-16)1-2-10(9)18-13(19)11-7-20-12(17-11)3-4-15/h1-2,5,7H,3-4,15H2,(H,18,19). The van der Waals surface area contributed by atoms with Gasteiger partial charge in [-0.2, -0.15) is 5.26 Å². The number of amides is 1. The summed E-state index contributed by atoms with van der Waals surface area (Å²) in [6.07, 6.45) is 0.600. The molecule has 7 heteroatoms. The number of anilines is 1. The number of nitrogens with one attached hydrogen (secondary N) is 1. The lowest BCUT2D eigenvalue weighted by atomic mass is 10.2. The van der Waals surface area contributed by atoms with Crippen LogP contribution in [0.5, 0.6) is 0 Å². The second-order valence-corrected chi connectivity index (χ2v) is 4.87. The lowest BCUT2D eigenvalue weighted by molar-refractivity contribution is 0.102. The number of thiazole rings is 1. The molecule has 1 aromatic heterocycles. The predicted octanol–water partition coefficient (Wildman–Crippen LogP) is 1.91. The van der Waals surface area contributed by atoms with Crippen LogP contribution in [0.15, 0.2) is 23.6 Å². The number of nitriles is 1. The first kappa shape index (κ1) is 14.1. The van der Waals surface area contributed by atoms with Gasteiger partial charge in [-0.05, 0) is 24.7 Å². The van der Waals surface area contributed by atoms with Gasteiger partial charge in [0.2, 0.25) is 0 Å². The third-order valence-corrected chi connectivity index (χ3v) is 3.40. The molecule has 0 spiro atoms. The van der Waals surface area contributed by atoms with Gasteiger partial charge in [0.05, 0.1) is 22.3 Å². The maximum absolute atomic E-state index is 13.6. The molecule has 1 aromatic carbocycles. The molecule has 2 aromatic rings. The lowest BCUT2D eigenvalue weighted by Crippen LogP contribution is -2.14. The van der Waals surface area contributed by atoms with Crippen LogP contribution < -0.4 is 11.1 Å². The van der Waals surface area contributed by atoms with E-state index in [1.165, 1.54) is 23.5 Å². The number of carbonyl (C=O) groups is 1. The summed E-state index contributed by atoms with van der Waals surface area (Å²) in [4.78, 5) is 16.0. The Morgan fingerprint density at radius 2 is 2.35 bits per heavy atom. The fraction of sp³-hybridized carbons (Fsp3) is 0.154. The molecular formula is C13H11FN4OS. The largest absolute Gasteiger partial charge is 0.330 e. The van der Waals surface area contributed by atoms with Crippen LogP contribution in [0.2, 0.25) is 0 Å². The fourth-order valence-corrected chi connectivity index (χ4v) is 2.32. The molecule has 1 heterocycles. The summed E-state index contributed by atoms with van der Waals surface area (Å²) in [6.45, 7) is 0.457. The minimum absolute atomic E-state index is 0.0161. The Morgan fingerprint density at radius 1 is 1.55 bits per heavy atom. The highest BCUT2D eigenvalue weighted by atomic mass is 32.1. The smallest absolute Gasteiger partial charge is 0.275 e. The molecular weight excluding hydrogens is 279 g/mol. The number of carbonyl (C=O) groups excluding carboxylic acids is 1. The van der Waals surface area contributed by atoms with Crippen molar-refractivity contribution < 1.29 is 9.18 Å². The SMILES string of the molecule is N#Cc1ccc(NC(=O)c2csc(CCN)n2)c(F)c1. The number of hydrogen-bond donors (Lipinski definition) is 2. The zero-order valence-corrected chi connectivity index (χ0v) is 11.2. The number of rotatable bonds is 4. The number of nitrogens with zero attached hydrogens (tertiary/aromatic N) is 2. The van der Waals surface area contributed by atoms with Crippen molar-refractivity contribution in [1.29, 1.82) is 5.26 Å². The Kier molecular flexibility index (Phi) is 4.40. The van der Waals surface area contributed by atoms with E-state index >= 15 is 0 Å². The third kappa shape index (κ3) is 3.17. The zero-order valence-electron chi connectivity index (χ0n) is 10.4. The van der Waals surface area contributed by atoms with E-state index in [1.54, 1.807) is 5.38 Å². The topological polar surface area (TPSA) is 91.8 Å². The van der Waals surface area contributed by atoms with E-state index in [-0.39, 0.29) is 16.9 Å². The van der Waals surface area contributed by atoms with Crippen LogP contribution in [-0.4, -0.2) is 17.4 Å². The molecule has 0 saturated carbocycles. The van der Waals surface area contributed by atoms with Crippen LogP contribution in [0.3, 0.4) is 0 Å². The van der Waals surface area contributed by atoms with Crippen LogP contribution in [0.4, 0.5) is 10.1 Å². The molecule has 0 saturated heterocycles. The number of hydrogen-bond acceptors (Lipinski definition) is 5. The Hall–Kier alpha value is -2.30. The van der Waals surface area contributed by atoms with Gasteiger partial charge in [-0.1, -0.05) is 0 Å². The highest BCUT2D eigenvalue weighted by Crippen LogP contribution is 2.17. The van der Waals surface area contributed by atoms with Crippen molar-refractivity contribution in [2.45, 2.75) is 6.42 Å². The second-order valence-electron chi connectivity index (χ2n) is 3.93. The van der Waals surface area contributed by atoms with Gasteiger partial charge in [-0.3, -0.25) is 4.79 Å². The monoisotopic (exact) mass is 290 g/mol. The minimum atomic E-state index is -0.658. The lowest BCUT2D eigenvalue weighted by Gasteiger charge is -2.04. The Morgan fingerprint density at radius 3 is 3.00 bits per heavy atom. The molecule has 0 atom stereocenters. The highest BCUT2D eigenvalue weighted by Gasteiger charge is 2.13. The molecule has 20 heavy (non-hydrogen) atoms. The first-order valence-corrected chi connectivity index (χ1v) is 6.67. The highest BCUT2D eigenvalue weighted by molar-refractivity contribution is 7.09. The molecule has 1 amide bonds. The molecule has 3 N–H and O–H groups in total. The molecule has 0 aliphatic rings. The molecule has 2 rings (SSSR count). The van der Waals surface area contributed by atoms with Crippen LogP contribution in [0, 0.1) is 17.1 Å². The van der Waals surface area contributed by atoms with E-state index in [0.29, 0.717) is 13.0 Å². The zero-order chi connectivity index (χ0) is 14.5. The molecule has 0 aliphatic heterocycles. The summed E-state index contributed by atoms with van der Waals surface area (Å²) in [7, 11) is 0. The summed E-state index contributed by atoms with van der Waals surface area (Å²) in [6, 6.07) is 5.66. The number of halogens is 1. The quantitative estimate of drug-likeness (QED) is 0.899. The maximum Gasteiger partial charge on any atom is 0.275 e. The predicted molar refractivity (Wildman–Crippen MR) is 73.9 cm³/mol. The van der Waals surface area contributed by atoms with E-state index in [4.69, 9.17) is 11.0 Å². The van der Waals surface area contributed by atoms with Gasteiger partial charge in [0.25, 0.3) is 5.91 Å². The average Bonchev–Trinajstić information content (AvgIpc) is 2.90. The van der Waals surface area contributed by atoms with Gasteiger partial charge in [0, 0.05) is 11.8 Å². The Bertz CT molecular complexity index is 677. The van der Waals surface area contributed by atoms with E-state index in [0.717, 1.165) is 11.1 Å². The summed E-state index contributed by atoms with van der Waals surface area (Å²) in [5.74, 6) is -1.15. The van der Waals surface area contributed by atoms with Gasteiger partial charge in [0.1, 0.15) is 11.5 Å². The summed E-state index contributed by atoms with van der Waals surface area (Å²) in [5, 5.41) is 13.4. The van der Waals surface area contributed by atoms with Crippen molar-refractivity contribution in [2.24, 2.45) is 5.73 Å². The van der Waals surface area contributed by atoms with Crippen molar-refractivity contribution in [2.75, 3.05) is 11.9 Å². The Balaban J connectivity index is 2.13. The van der Waals surface area contributed by atoms with Gasteiger partial charge in [-0.15, -0.1) is 11.3 Å². The van der Waals surface area contributed by atoms with E-state index in [9.17, 15) is 9.18 Å². The third-order valence-electron chi connectivity index (χ3n) is 2.49. The number of aromatic nitrogens is 1. The minimum Gasteiger partial charge on any atom is -0.330 e. The molecule has 0 bridgehead atoms. The van der Waals surface area contributed by atoms with Crippen LogP contribution in [0.25, 0.3) is 0 Å². The number of benzene rings is 1. The van der Waals surface area contributed by atoms with E-state index in [2.05, 4.69) is 10.3 Å². The first-order valence-electron chi connectivity index (χ1n) is 5.79. The van der Waals surface area contributed by atoms with Gasteiger partial charge in [0.15, 0.2) is 0 Å². The van der Waals surface area contributed by atoms with Crippen molar-refractivity contribution in [3.8, 4) is 6.07 Å². The summed E-state index contributed by atoms with van der Waals surface area (Å²) < 4.78 is 13.6. The molecule has 5 nitrogen and oxygen atoms in total. The van der Waals surface area contributed by atoms with Crippen molar-refractivity contribution in [1.82, 2.24) is 4.98 Å². The molecule has 0 aliphatic carbocycles. The normalized spacial score (nSPS) is 10.1. The van der Waals surface area contributed by atoms with E-state index < -0.39 is 11.7 Å². The summed E-state index contributed by atoms with van der Waals surface area (Å²) >= 11 is 1.33. The maximum atomic E-state index is 13.6. The molecule has 0 unspecified atom stereocenters. The van der Waals surface area contributed by atoms with Crippen LogP contribution in [0.1, 0.15) is 21.1 Å². The van der Waals surface area contributed by atoms with Crippen molar-refractivity contribution >= 4 is 22.9 Å². The number of nitrogens with two attached hydrogens (primary N) is 1. The van der Waals surface area contributed by atoms with Gasteiger partial charge >= 0.3 is 0 Å². The Labute approximate surface area is 118 Å². The second kappa shape index (κ2) is 6.23. The molecule has 0 fully saturated rings. The fourth-order valence-electron chi connectivity index (χ4n) is 1.53. The van der Waals surface area contributed by atoms with Crippen LogP contribution >= 0.6 is 11.3 Å². The van der Waals surface area contributed by atoms with Crippen molar-refractivity contribution in [3.63, 3.8) is 0 Å². The van der Waals surface area contributed by atoms with Crippen LogP contribution in [-0.2, 0) is 6.42 Å².